The molecule has 0 bridgehead atoms. The molecule has 0 spiro atoms. The summed E-state index contributed by atoms with van der Waals surface area (Å²) < 4.78 is 2.09. The number of nitrogens with zero attached hydrogens (tertiary/aromatic N) is 3. The maximum atomic E-state index is 9.59. The number of aliphatic hydroxyl groups excluding tert-OH is 1. The van der Waals surface area contributed by atoms with Gasteiger partial charge in [-0.2, -0.15) is 0 Å². The lowest BCUT2D eigenvalue weighted by Gasteiger charge is -2.32. The van der Waals surface area contributed by atoms with E-state index in [0.717, 1.165) is 43.1 Å². The number of aromatic nitrogens is 2. The molecule has 0 aliphatic carbocycles. The van der Waals surface area contributed by atoms with E-state index in [4.69, 9.17) is 0 Å². The van der Waals surface area contributed by atoms with Gasteiger partial charge >= 0.3 is 0 Å². The van der Waals surface area contributed by atoms with E-state index < -0.39 is 0 Å². The topological polar surface area (TPSA) is 40.8 Å². The van der Waals surface area contributed by atoms with E-state index in [-0.39, 0.29) is 6.10 Å². The average molecular weight is 265 g/mol. The summed E-state index contributed by atoms with van der Waals surface area (Å²) in [6, 6.07) is 0. The number of fused-ring (bicyclic) bond motifs is 1. The SMILES string of the molecule is CC(O)C1CCN(Cc2cn3ccsc3n2)CC1. The summed E-state index contributed by atoms with van der Waals surface area (Å²) >= 11 is 1.67. The van der Waals surface area contributed by atoms with Crippen LogP contribution in [0.4, 0.5) is 0 Å². The van der Waals surface area contributed by atoms with E-state index >= 15 is 0 Å². The molecule has 0 radical (unpaired) electrons. The molecule has 0 aromatic carbocycles. The van der Waals surface area contributed by atoms with Crippen LogP contribution < -0.4 is 0 Å². The lowest BCUT2D eigenvalue weighted by atomic mass is 9.92. The second-order valence-electron chi connectivity index (χ2n) is 5.18. The molecule has 5 heteroatoms. The normalized spacial score (nSPS) is 20.6. The molecule has 3 rings (SSSR count). The second kappa shape index (κ2) is 4.99. The Morgan fingerprint density at radius 2 is 2.28 bits per heavy atom. The number of thiazole rings is 1. The van der Waals surface area contributed by atoms with Gasteiger partial charge in [0, 0.05) is 24.3 Å². The zero-order valence-electron chi connectivity index (χ0n) is 10.6. The molecule has 1 unspecified atom stereocenters. The van der Waals surface area contributed by atoms with Crippen LogP contribution in [0.15, 0.2) is 17.8 Å². The highest BCUT2D eigenvalue weighted by Crippen LogP contribution is 2.22. The highest BCUT2D eigenvalue weighted by atomic mass is 32.1. The van der Waals surface area contributed by atoms with Crippen molar-refractivity contribution in [3.63, 3.8) is 0 Å². The molecule has 1 fully saturated rings. The fourth-order valence-electron chi connectivity index (χ4n) is 2.67. The van der Waals surface area contributed by atoms with Crippen molar-refractivity contribution < 1.29 is 5.11 Å². The third kappa shape index (κ3) is 2.43. The van der Waals surface area contributed by atoms with Crippen LogP contribution in [0, 0.1) is 5.92 Å². The van der Waals surface area contributed by atoms with Crippen LogP contribution in [0.1, 0.15) is 25.5 Å². The van der Waals surface area contributed by atoms with Crippen molar-refractivity contribution in [2.75, 3.05) is 13.1 Å². The number of imidazole rings is 1. The van der Waals surface area contributed by atoms with Crippen molar-refractivity contribution in [1.29, 1.82) is 0 Å². The summed E-state index contributed by atoms with van der Waals surface area (Å²) in [4.78, 5) is 8.12. The fourth-order valence-corrected chi connectivity index (χ4v) is 3.39. The van der Waals surface area contributed by atoms with Gasteiger partial charge in [0.2, 0.25) is 0 Å². The molecule has 0 saturated carbocycles. The zero-order valence-corrected chi connectivity index (χ0v) is 11.4. The molecule has 2 aromatic heterocycles. The minimum absolute atomic E-state index is 0.162. The molecule has 0 amide bonds. The molecule has 1 saturated heterocycles. The molecule has 3 heterocycles. The lowest BCUT2D eigenvalue weighted by molar-refractivity contribution is 0.0692. The molecular formula is C13H19N3OS. The first-order valence-corrected chi connectivity index (χ1v) is 7.42. The van der Waals surface area contributed by atoms with Crippen molar-refractivity contribution in [2.24, 2.45) is 5.92 Å². The lowest BCUT2D eigenvalue weighted by Crippen LogP contribution is -2.36. The van der Waals surface area contributed by atoms with Crippen molar-refractivity contribution in [3.05, 3.63) is 23.5 Å². The summed E-state index contributed by atoms with van der Waals surface area (Å²) in [6.07, 6.45) is 6.20. The third-order valence-corrected chi connectivity index (χ3v) is 4.61. The Morgan fingerprint density at radius 1 is 1.50 bits per heavy atom. The van der Waals surface area contributed by atoms with Gasteiger partial charge in [0.05, 0.1) is 11.8 Å². The van der Waals surface area contributed by atoms with Gasteiger partial charge in [0.25, 0.3) is 0 Å². The summed E-state index contributed by atoms with van der Waals surface area (Å²) in [6.45, 7) is 4.98. The van der Waals surface area contributed by atoms with Crippen molar-refractivity contribution in [3.8, 4) is 0 Å². The molecule has 18 heavy (non-hydrogen) atoms. The summed E-state index contributed by atoms with van der Waals surface area (Å²) in [5.74, 6) is 0.478. The first kappa shape index (κ1) is 12.1. The first-order valence-electron chi connectivity index (χ1n) is 6.54. The van der Waals surface area contributed by atoms with Crippen molar-refractivity contribution in [2.45, 2.75) is 32.4 Å². The number of piperidine rings is 1. The minimum Gasteiger partial charge on any atom is -0.393 e. The highest BCUT2D eigenvalue weighted by Gasteiger charge is 2.22. The number of likely N-dealkylation sites (tertiary alicyclic amines) is 1. The van der Waals surface area contributed by atoms with E-state index in [1.54, 1.807) is 11.3 Å². The molecular weight excluding hydrogens is 246 g/mol. The van der Waals surface area contributed by atoms with Gasteiger partial charge in [-0.3, -0.25) is 9.30 Å². The summed E-state index contributed by atoms with van der Waals surface area (Å²) in [5.41, 5.74) is 1.15. The van der Waals surface area contributed by atoms with Gasteiger partial charge in [0.15, 0.2) is 4.96 Å². The monoisotopic (exact) mass is 265 g/mol. The Hall–Kier alpha value is -0.910. The van der Waals surface area contributed by atoms with Gasteiger partial charge in [-0.05, 0) is 38.8 Å². The van der Waals surface area contributed by atoms with E-state index in [1.165, 1.54) is 0 Å². The minimum atomic E-state index is -0.162. The van der Waals surface area contributed by atoms with Gasteiger partial charge < -0.3 is 5.11 Å². The molecule has 1 N–H and O–H groups in total. The summed E-state index contributed by atoms with van der Waals surface area (Å²) in [7, 11) is 0. The van der Waals surface area contributed by atoms with Crippen LogP contribution in [-0.2, 0) is 6.54 Å². The van der Waals surface area contributed by atoms with E-state index in [2.05, 4.69) is 32.1 Å². The maximum Gasteiger partial charge on any atom is 0.193 e. The van der Waals surface area contributed by atoms with Crippen LogP contribution in [0.5, 0.6) is 0 Å². The number of hydrogen-bond acceptors (Lipinski definition) is 4. The molecule has 1 aliphatic heterocycles. The molecule has 98 valence electrons. The molecule has 1 aliphatic rings. The fraction of sp³-hybridized carbons (Fsp3) is 0.615. The van der Waals surface area contributed by atoms with E-state index in [1.807, 2.05) is 6.92 Å². The predicted molar refractivity (Wildman–Crippen MR) is 72.8 cm³/mol. The second-order valence-corrected chi connectivity index (χ2v) is 6.05. The Labute approximate surface area is 111 Å². The van der Waals surface area contributed by atoms with Crippen LogP contribution in [-0.4, -0.2) is 38.6 Å². The average Bonchev–Trinajstić information content (AvgIpc) is 2.90. The van der Waals surface area contributed by atoms with Crippen LogP contribution in [0.3, 0.4) is 0 Å². The largest absolute Gasteiger partial charge is 0.393 e. The van der Waals surface area contributed by atoms with E-state index in [0.29, 0.717) is 5.92 Å². The van der Waals surface area contributed by atoms with Crippen LogP contribution in [0.2, 0.25) is 0 Å². The Balaban J connectivity index is 1.59. The van der Waals surface area contributed by atoms with Gasteiger partial charge in [-0.15, -0.1) is 11.3 Å². The first-order chi connectivity index (χ1) is 8.72. The third-order valence-electron chi connectivity index (χ3n) is 3.84. The van der Waals surface area contributed by atoms with Crippen molar-refractivity contribution >= 4 is 16.3 Å². The van der Waals surface area contributed by atoms with Gasteiger partial charge in [-0.1, -0.05) is 0 Å². The number of aliphatic hydroxyl groups is 1. The number of rotatable bonds is 3. The van der Waals surface area contributed by atoms with Crippen LogP contribution >= 0.6 is 11.3 Å². The van der Waals surface area contributed by atoms with Gasteiger partial charge in [0.1, 0.15) is 0 Å². The zero-order chi connectivity index (χ0) is 12.5. The smallest absolute Gasteiger partial charge is 0.193 e. The quantitative estimate of drug-likeness (QED) is 0.922. The maximum absolute atomic E-state index is 9.59. The van der Waals surface area contributed by atoms with Gasteiger partial charge in [-0.25, -0.2) is 4.98 Å². The standard InChI is InChI=1S/C13H19N3OS/c1-10(17)11-2-4-15(5-3-11)8-12-9-16-6-7-18-13(16)14-12/h6-7,9-11,17H,2-5,8H2,1H3. The Bertz CT molecular complexity index is 483. The highest BCUT2D eigenvalue weighted by molar-refractivity contribution is 7.15. The molecule has 2 aromatic rings. The van der Waals surface area contributed by atoms with E-state index in [9.17, 15) is 5.11 Å². The van der Waals surface area contributed by atoms with Crippen molar-refractivity contribution in [1.82, 2.24) is 14.3 Å². The predicted octanol–water partition coefficient (Wildman–Crippen LogP) is 1.99. The Morgan fingerprint density at radius 3 is 2.94 bits per heavy atom. The summed E-state index contributed by atoms with van der Waals surface area (Å²) in [5, 5.41) is 11.6. The molecule has 4 nitrogen and oxygen atoms in total. The number of hydrogen-bond donors (Lipinski definition) is 1. The Kier molecular flexibility index (Phi) is 3.37. The van der Waals surface area contributed by atoms with Crippen LogP contribution in [0.25, 0.3) is 4.96 Å². The molecule has 1 atom stereocenters.